The topological polar surface area (TPSA) is 164 Å². The molecule has 0 saturated carbocycles. The molecule has 0 spiro atoms. The molecule has 2 saturated heterocycles. The SMILES string of the molecule is COc1cc(O)c(C(=N)N(C(N)=O)c2ccc(N3CCN(CC(=O)N4CCC(C(=O)O)CC4)CC3)cc2)cc1C(C)C. The average molecular weight is 581 g/mol. The van der Waals surface area contributed by atoms with Crippen molar-refractivity contribution in [2.45, 2.75) is 32.6 Å². The van der Waals surface area contributed by atoms with E-state index in [4.69, 9.17) is 15.9 Å². The first-order valence-electron chi connectivity index (χ1n) is 14.2. The first kappa shape index (κ1) is 30.6. The Labute approximate surface area is 245 Å². The average Bonchev–Trinajstić information content (AvgIpc) is 2.97. The van der Waals surface area contributed by atoms with E-state index < -0.39 is 12.0 Å². The number of anilines is 2. The molecule has 2 aliphatic heterocycles. The largest absolute Gasteiger partial charge is 0.507 e. The number of nitrogens with zero attached hydrogens (tertiary/aromatic N) is 4. The lowest BCUT2D eigenvalue weighted by atomic mass is 9.97. The number of benzene rings is 2. The van der Waals surface area contributed by atoms with Crippen LogP contribution >= 0.6 is 0 Å². The van der Waals surface area contributed by atoms with E-state index in [1.807, 2.05) is 26.0 Å². The van der Waals surface area contributed by atoms with Crippen LogP contribution in [0.4, 0.5) is 16.2 Å². The monoisotopic (exact) mass is 580 g/mol. The Morgan fingerprint density at radius 3 is 2.19 bits per heavy atom. The van der Waals surface area contributed by atoms with E-state index in [0.29, 0.717) is 70.1 Å². The maximum atomic E-state index is 12.8. The highest BCUT2D eigenvalue weighted by Crippen LogP contribution is 2.34. The van der Waals surface area contributed by atoms with Crippen molar-refractivity contribution >= 4 is 35.1 Å². The van der Waals surface area contributed by atoms with Gasteiger partial charge in [0, 0.05) is 51.0 Å². The minimum absolute atomic E-state index is 0.0362. The number of urea groups is 1. The number of nitrogens with two attached hydrogens (primary N) is 1. The summed E-state index contributed by atoms with van der Waals surface area (Å²) in [5, 5.41) is 28.5. The van der Waals surface area contributed by atoms with Gasteiger partial charge in [-0.1, -0.05) is 13.8 Å². The molecule has 12 heteroatoms. The first-order chi connectivity index (χ1) is 20.0. The van der Waals surface area contributed by atoms with Crippen LogP contribution < -0.4 is 20.3 Å². The minimum Gasteiger partial charge on any atom is -0.507 e. The number of phenols is 1. The zero-order valence-corrected chi connectivity index (χ0v) is 24.4. The predicted octanol–water partition coefficient (Wildman–Crippen LogP) is 2.88. The van der Waals surface area contributed by atoms with Crippen molar-refractivity contribution in [3.05, 3.63) is 47.5 Å². The highest BCUT2D eigenvalue weighted by Gasteiger charge is 2.29. The Hall–Kier alpha value is -4.32. The summed E-state index contributed by atoms with van der Waals surface area (Å²) in [6.07, 6.45) is 0.996. The fourth-order valence-electron chi connectivity index (χ4n) is 5.53. The highest BCUT2D eigenvalue weighted by molar-refractivity contribution is 6.22. The lowest BCUT2D eigenvalue weighted by molar-refractivity contribution is -0.146. The minimum atomic E-state index is -0.848. The quantitative estimate of drug-likeness (QED) is 0.274. The molecule has 0 radical (unpaired) electrons. The van der Waals surface area contributed by atoms with Crippen molar-refractivity contribution in [1.29, 1.82) is 5.41 Å². The van der Waals surface area contributed by atoms with Crippen LogP contribution in [-0.4, -0.2) is 96.7 Å². The fourth-order valence-corrected chi connectivity index (χ4v) is 5.53. The van der Waals surface area contributed by atoms with Crippen molar-refractivity contribution in [2.75, 3.05) is 62.7 Å². The number of ether oxygens (including phenoxy) is 1. The van der Waals surface area contributed by atoms with Crippen LogP contribution in [0.5, 0.6) is 11.5 Å². The molecular formula is C30H40N6O6. The Morgan fingerprint density at radius 2 is 1.67 bits per heavy atom. The molecular weight excluding hydrogens is 540 g/mol. The summed E-state index contributed by atoms with van der Waals surface area (Å²) in [7, 11) is 1.51. The van der Waals surface area contributed by atoms with Crippen LogP contribution in [0.2, 0.25) is 0 Å². The second-order valence-corrected chi connectivity index (χ2v) is 11.1. The summed E-state index contributed by atoms with van der Waals surface area (Å²) < 4.78 is 5.37. The number of hydrogen-bond acceptors (Lipinski definition) is 8. The van der Waals surface area contributed by atoms with Crippen molar-refractivity contribution < 1.29 is 29.3 Å². The summed E-state index contributed by atoms with van der Waals surface area (Å²) >= 11 is 0. The molecule has 2 aromatic rings. The molecule has 0 unspecified atom stereocenters. The molecule has 226 valence electrons. The number of piperidine rings is 1. The summed E-state index contributed by atoms with van der Waals surface area (Å²) in [4.78, 5) is 43.5. The van der Waals surface area contributed by atoms with Crippen molar-refractivity contribution in [3.63, 3.8) is 0 Å². The van der Waals surface area contributed by atoms with Crippen LogP contribution in [0.15, 0.2) is 36.4 Å². The van der Waals surface area contributed by atoms with Crippen LogP contribution in [0, 0.1) is 11.3 Å². The van der Waals surface area contributed by atoms with E-state index in [2.05, 4.69) is 9.80 Å². The van der Waals surface area contributed by atoms with Crippen LogP contribution in [0.3, 0.4) is 0 Å². The smallest absolute Gasteiger partial charge is 0.325 e. The number of nitrogens with one attached hydrogen (secondary N) is 1. The van der Waals surface area contributed by atoms with Crippen LogP contribution in [0.25, 0.3) is 0 Å². The first-order valence-corrected chi connectivity index (χ1v) is 14.2. The number of amides is 3. The summed E-state index contributed by atoms with van der Waals surface area (Å²) in [6.45, 7) is 8.04. The number of methoxy groups -OCH3 is 1. The molecule has 12 nitrogen and oxygen atoms in total. The molecule has 0 aromatic heterocycles. The number of rotatable bonds is 8. The molecule has 2 aliphatic rings. The number of aliphatic carboxylic acids is 1. The number of carboxylic acid groups (broad SMARTS) is 1. The molecule has 2 fully saturated rings. The van der Waals surface area contributed by atoms with E-state index >= 15 is 0 Å². The molecule has 2 aromatic carbocycles. The van der Waals surface area contributed by atoms with E-state index in [9.17, 15) is 24.6 Å². The van der Waals surface area contributed by atoms with Gasteiger partial charge in [-0.25, -0.2) is 9.69 Å². The lowest BCUT2D eigenvalue weighted by Crippen LogP contribution is -2.51. The molecule has 0 aliphatic carbocycles. The molecule has 3 amide bonds. The molecule has 42 heavy (non-hydrogen) atoms. The summed E-state index contributed by atoms with van der Waals surface area (Å²) in [6, 6.07) is 9.40. The Balaban J connectivity index is 1.38. The van der Waals surface area contributed by atoms with E-state index in [1.165, 1.54) is 13.2 Å². The van der Waals surface area contributed by atoms with E-state index in [1.54, 1.807) is 23.1 Å². The van der Waals surface area contributed by atoms with Crippen LogP contribution in [0.1, 0.15) is 43.7 Å². The normalized spacial score (nSPS) is 16.4. The third kappa shape index (κ3) is 6.76. The number of piperazine rings is 1. The predicted molar refractivity (Wildman–Crippen MR) is 160 cm³/mol. The third-order valence-electron chi connectivity index (χ3n) is 8.07. The van der Waals surface area contributed by atoms with Gasteiger partial charge >= 0.3 is 12.0 Å². The van der Waals surface area contributed by atoms with Gasteiger partial charge in [-0.05, 0) is 54.7 Å². The highest BCUT2D eigenvalue weighted by atomic mass is 16.5. The lowest BCUT2D eigenvalue weighted by Gasteiger charge is -2.37. The van der Waals surface area contributed by atoms with Gasteiger partial charge in [0.25, 0.3) is 0 Å². The van der Waals surface area contributed by atoms with Gasteiger partial charge in [-0.15, -0.1) is 0 Å². The van der Waals surface area contributed by atoms with Gasteiger partial charge in [0.2, 0.25) is 5.91 Å². The van der Waals surface area contributed by atoms with Gasteiger partial charge in [-0.3, -0.25) is 19.9 Å². The third-order valence-corrected chi connectivity index (χ3v) is 8.07. The maximum absolute atomic E-state index is 12.8. The van der Waals surface area contributed by atoms with Gasteiger partial charge < -0.3 is 30.5 Å². The number of amidine groups is 1. The van der Waals surface area contributed by atoms with Gasteiger partial charge in [0.1, 0.15) is 17.3 Å². The number of likely N-dealkylation sites (tertiary alicyclic amines) is 1. The van der Waals surface area contributed by atoms with Gasteiger partial charge in [-0.2, -0.15) is 0 Å². The van der Waals surface area contributed by atoms with Gasteiger partial charge in [0.05, 0.1) is 30.8 Å². The molecule has 0 bridgehead atoms. The van der Waals surface area contributed by atoms with E-state index in [-0.39, 0.29) is 34.9 Å². The Bertz CT molecular complexity index is 1310. The van der Waals surface area contributed by atoms with Crippen molar-refractivity contribution in [2.24, 2.45) is 11.7 Å². The fraction of sp³-hybridized carbons (Fsp3) is 0.467. The molecule has 0 atom stereocenters. The van der Waals surface area contributed by atoms with Crippen LogP contribution in [-0.2, 0) is 9.59 Å². The second kappa shape index (κ2) is 13.1. The Kier molecular flexibility index (Phi) is 9.56. The summed E-state index contributed by atoms with van der Waals surface area (Å²) in [5.74, 6) is -0.996. The molecule has 5 N–H and O–H groups in total. The number of carbonyl (C=O) groups is 3. The van der Waals surface area contributed by atoms with Crippen molar-refractivity contribution in [1.82, 2.24) is 9.80 Å². The zero-order chi connectivity index (χ0) is 30.6. The van der Waals surface area contributed by atoms with E-state index in [0.717, 1.165) is 16.2 Å². The number of carbonyl (C=O) groups excluding carboxylic acids is 2. The number of carboxylic acids is 1. The van der Waals surface area contributed by atoms with Crippen molar-refractivity contribution in [3.8, 4) is 11.5 Å². The molecule has 4 rings (SSSR count). The zero-order valence-electron chi connectivity index (χ0n) is 24.4. The maximum Gasteiger partial charge on any atom is 0.325 e. The standard InChI is InChI=1S/C30H40N6O6/c1-19(2)23-16-24(25(37)17-26(23)42-3)28(31)36(30(32)41)22-6-4-21(5-7-22)34-14-12-33(13-15-34)18-27(38)35-10-8-20(9-11-35)29(39)40/h4-7,16-17,19-20,31,37H,8-15,18H2,1-3H3,(H2,32,41)(H,39,40). The number of phenolic OH excluding ortho intramolecular Hbond substituents is 1. The summed E-state index contributed by atoms with van der Waals surface area (Å²) in [5.41, 5.74) is 7.98. The number of primary amides is 1. The second-order valence-electron chi connectivity index (χ2n) is 11.1. The number of hydrogen-bond donors (Lipinski definition) is 4. The van der Waals surface area contributed by atoms with Gasteiger partial charge in [0.15, 0.2) is 0 Å². The molecule has 2 heterocycles. The number of aromatic hydroxyl groups is 1. The Morgan fingerprint density at radius 1 is 1.05 bits per heavy atom.